The summed E-state index contributed by atoms with van der Waals surface area (Å²) in [6, 6.07) is 8.31. The van der Waals surface area contributed by atoms with Gasteiger partial charge in [0.2, 0.25) is 5.89 Å². The lowest BCUT2D eigenvalue weighted by Crippen LogP contribution is -1.87. The number of rotatable bonds is 15. The van der Waals surface area contributed by atoms with Gasteiger partial charge in [0.25, 0.3) is 0 Å². The van der Waals surface area contributed by atoms with Crippen molar-refractivity contribution in [3.05, 3.63) is 29.7 Å². The quantitative estimate of drug-likeness (QED) is 0.305. The number of hydrogen-bond acceptors (Lipinski definition) is 3. The molecule has 0 bridgehead atoms. The molecule has 1 aromatic heterocycles. The van der Waals surface area contributed by atoms with E-state index < -0.39 is 0 Å². The molecule has 0 aliphatic carbocycles. The van der Waals surface area contributed by atoms with Crippen LogP contribution < -0.4 is 0 Å². The first-order valence-electron chi connectivity index (χ1n) is 11.1. The third-order valence-corrected chi connectivity index (χ3v) is 5.30. The van der Waals surface area contributed by atoms with Crippen molar-refractivity contribution in [3.8, 4) is 6.07 Å². The van der Waals surface area contributed by atoms with E-state index in [4.69, 9.17) is 9.68 Å². The summed E-state index contributed by atoms with van der Waals surface area (Å²) >= 11 is 0. The molecule has 0 atom stereocenters. The SMILES string of the molecule is CCCCCCCCCCCCCCCc1ccc2oc(CC#N)nc2c1. The third-order valence-electron chi connectivity index (χ3n) is 5.30. The molecular formula is C24H36N2O. The fourth-order valence-corrected chi connectivity index (χ4v) is 3.67. The van der Waals surface area contributed by atoms with E-state index in [-0.39, 0.29) is 6.42 Å². The van der Waals surface area contributed by atoms with Crippen LogP contribution in [0.25, 0.3) is 11.1 Å². The maximum atomic E-state index is 8.74. The normalized spacial score (nSPS) is 11.1. The lowest BCUT2D eigenvalue weighted by atomic mass is 10.0. The lowest BCUT2D eigenvalue weighted by Gasteiger charge is -2.03. The Morgan fingerprint density at radius 1 is 0.852 bits per heavy atom. The number of aromatic nitrogens is 1. The van der Waals surface area contributed by atoms with Crippen molar-refractivity contribution in [2.24, 2.45) is 0 Å². The van der Waals surface area contributed by atoms with Gasteiger partial charge in [-0.1, -0.05) is 90.0 Å². The summed E-state index contributed by atoms with van der Waals surface area (Å²) in [5.41, 5.74) is 2.99. The summed E-state index contributed by atoms with van der Waals surface area (Å²) in [6.07, 6.45) is 19.4. The number of hydrogen-bond donors (Lipinski definition) is 0. The van der Waals surface area contributed by atoms with Crippen molar-refractivity contribution in [1.82, 2.24) is 4.98 Å². The fourth-order valence-electron chi connectivity index (χ4n) is 3.67. The molecule has 0 saturated carbocycles. The molecule has 0 saturated heterocycles. The molecule has 27 heavy (non-hydrogen) atoms. The van der Waals surface area contributed by atoms with Crippen LogP contribution in [0.1, 0.15) is 102 Å². The Labute approximate surface area is 165 Å². The van der Waals surface area contributed by atoms with Gasteiger partial charge in [0.1, 0.15) is 11.9 Å². The van der Waals surface area contributed by atoms with Crippen LogP contribution in [0.3, 0.4) is 0 Å². The van der Waals surface area contributed by atoms with E-state index >= 15 is 0 Å². The minimum absolute atomic E-state index is 0.239. The van der Waals surface area contributed by atoms with Crippen LogP contribution in [0.4, 0.5) is 0 Å². The maximum absolute atomic E-state index is 8.74. The number of nitriles is 1. The van der Waals surface area contributed by atoms with E-state index in [0.29, 0.717) is 5.89 Å². The molecular weight excluding hydrogens is 332 g/mol. The largest absolute Gasteiger partial charge is 0.440 e. The monoisotopic (exact) mass is 368 g/mol. The molecule has 1 heterocycles. The second-order valence-electron chi connectivity index (χ2n) is 7.74. The topological polar surface area (TPSA) is 49.8 Å². The molecule has 0 aliphatic heterocycles. The van der Waals surface area contributed by atoms with Crippen molar-refractivity contribution in [2.45, 2.75) is 103 Å². The van der Waals surface area contributed by atoms with E-state index in [2.05, 4.69) is 30.1 Å². The minimum Gasteiger partial charge on any atom is -0.440 e. The highest BCUT2D eigenvalue weighted by molar-refractivity contribution is 5.73. The van der Waals surface area contributed by atoms with Gasteiger partial charge in [0, 0.05) is 0 Å². The lowest BCUT2D eigenvalue weighted by molar-refractivity contribution is 0.539. The van der Waals surface area contributed by atoms with Gasteiger partial charge in [-0.2, -0.15) is 5.26 Å². The Bertz CT molecular complexity index is 683. The predicted molar refractivity (Wildman–Crippen MR) is 113 cm³/mol. The van der Waals surface area contributed by atoms with Gasteiger partial charge in [-0.3, -0.25) is 0 Å². The van der Waals surface area contributed by atoms with Gasteiger partial charge in [0.15, 0.2) is 5.58 Å². The summed E-state index contributed by atoms with van der Waals surface area (Å²) in [7, 11) is 0. The first kappa shape index (κ1) is 21.5. The second-order valence-corrected chi connectivity index (χ2v) is 7.74. The van der Waals surface area contributed by atoms with Crippen LogP contribution in [-0.4, -0.2) is 4.98 Å². The fraction of sp³-hybridized carbons (Fsp3) is 0.667. The first-order valence-corrected chi connectivity index (χ1v) is 11.1. The Balaban J connectivity index is 1.48. The standard InChI is InChI=1S/C24H36N2O/c1-2-3-4-5-6-7-8-9-10-11-12-13-14-15-21-16-17-23-22(20-21)26-24(27-23)18-19-25/h16-17,20H,2-15,18H2,1H3. The highest BCUT2D eigenvalue weighted by Gasteiger charge is 2.06. The van der Waals surface area contributed by atoms with Gasteiger partial charge >= 0.3 is 0 Å². The summed E-state index contributed by atoms with van der Waals surface area (Å²) in [6.45, 7) is 2.28. The Morgan fingerprint density at radius 2 is 1.44 bits per heavy atom. The number of benzene rings is 1. The van der Waals surface area contributed by atoms with Gasteiger partial charge in [-0.05, 0) is 30.5 Å². The Kier molecular flexibility index (Phi) is 10.6. The molecule has 0 aliphatic rings. The summed E-state index contributed by atoms with van der Waals surface area (Å²) in [5.74, 6) is 0.519. The Hall–Kier alpha value is -1.82. The van der Waals surface area contributed by atoms with E-state index in [1.807, 2.05) is 6.07 Å². The van der Waals surface area contributed by atoms with Gasteiger partial charge < -0.3 is 4.42 Å². The molecule has 2 rings (SSSR count). The molecule has 0 fully saturated rings. The molecule has 3 nitrogen and oxygen atoms in total. The minimum atomic E-state index is 0.239. The van der Waals surface area contributed by atoms with E-state index in [1.54, 1.807) is 0 Å². The van der Waals surface area contributed by atoms with Gasteiger partial charge in [-0.15, -0.1) is 0 Å². The molecule has 0 radical (unpaired) electrons. The highest BCUT2D eigenvalue weighted by Crippen LogP contribution is 2.19. The third kappa shape index (κ3) is 8.61. The summed E-state index contributed by atoms with van der Waals surface area (Å²) in [4.78, 5) is 4.39. The van der Waals surface area contributed by atoms with Crippen molar-refractivity contribution in [1.29, 1.82) is 5.26 Å². The zero-order valence-corrected chi connectivity index (χ0v) is 17.1. The number of aryl methyl sites for hydroxylation is 1. The average Bonchev–Trinajstić information content (AvgIpc) is 3.07. The molecule has 0 spiro atoms. The zero-order valence-electron chi connectivity index (χ0n) is 17.1. The molecule has 148 valence electrons. The van der Waals surface area contributed by atoms with Crippen molar-refractivity contribution < 1.29 is 4.42 Å². The molecule has 0 unspecified atom stereocenters. The van der Waals surface area contributed by atoms with Crippen molar-refractivity contribution in [2.75, 3.05) is 0 Å². The highest BCUT2D eigenvalue weighted by atomic mass is 16.3. The molecule has 0 N–H and O–H groups in total. The van der Waals surface area contributed by atoms with E-state index in [1.165, 1.54) is 89.0 Å². The number of fused-ring (bicyclic) bond motifs is 1. The van der Waals surface area contributed by atoms with Gasteiger partial charge in [-0.25, -0.2) is 4.98 Å². The molecule has 3 heteroatoms. The van der Waals surface area contributed by atoms with Gasteiger partial charge in [0.05, 0.1) is 6.07 Å². The van der Waals surface area contributed by atoms with Crippen LogP contribution in [0.15, 0.2) is 22.6 Å². The van der Waals surface area contributed by atoms with Crippen molar-refractivity contribution >= 4 is 11.1 Å². The zero-order chi connectivity index (χ0) is 19.2. The van der Waals surface area contributed by atoms with Crippen LogP contribution in [0, 0.1) is 11.3 Å². The Morgan fingerprint density at radius 3 is 2.04 bits per heavy atom. The van der Waals surface area contributed by atoms with Crippen LogP contribution >= 0.6 is 0 Å². The number of oxazole rings is 1. The number of unbranched alkanes of at least 4 members (excludes halogenated alkanes) is 12. The van der Waals surface area contributed by atoms with Crippen LogP contribution in [0.5, 0.6) is 0 Å². The average molecular weight is 369 g/mol. The summed E-state index contributed by atoms with van der Waals surface area (Å²) in [5, 5.41) is 8.74. The van der Waals surface area contributed by atoms with Crippen molar-refractivity contribution in [3.63, 3.8) is 0 Å². The van der Waals surface area contributed by atoms with Crippen LogP contribution in [0.2, 0.25) is 0 Å². The number of nitrogens with zero attached hydrogens (tertiary/aromatic N) is 2. The molecule has 2 aromatic rings. The van der Waals surface area contributed by atoms with E-state index in [0.717, 1.165) is 17.5 Å². The van der Waals surface area contributed by atoms with E-state index in [9.17, 15) is 0 Å². The second kappa shape index (κ2) is 13.4. The smallest absolute Gasteiger partial charge is 0.209 e. The first-order chi connectivity index (χ1) is 13.3. The molecule has 0 amide bonds. The molecule has 1 aromatic carbocycles. The predicted octanol–water partition coefficient (Wildman–Crippen LogP) is 7.53. The maximum Gasteiger partial charge on any atom is 0.209 e. The summed E-state index contributed by atoms with van der Waals surface area (Å²) < 4.78 is 5.55. The van der Waals surface area contributed by atoms with Crippen LogP contribution in [-0.2, 0) is 12.8 Å².